The van der Waals surface area contributed by atoms with Gasteiger partial charge in [-0.25, -0.2) is 8.78 Å². The quantitative estimate of drug-likeness (QED) is 0.279. The van der Waals surface area contributed by atoms with Gasteiger partial charge in [0.1, 0.15) is 29.7 Å². The van der Waals surface area contributed by atoms with Crippen molar-refractivity contribution in [2.24, 2.45) is 5.41 Å². The number of hydrogen-bond donors (Lipinski definition) is 3. The molecule has 2 aromatic heterocycles. The summed E-state index contributed by atoms with van der Waals surface area (Å²) in [7, 11) is 0. The molecule has 0 saturated carbocycles. The highest BCUT2D eigenvalue weighted by Gasteiger charge is 2.36. The summed E-state index contributed by atoms with van der Waals surface area (Å²) in [5.41, 5.74) is -0.113. The molecule has 4 aromatic rings. The molecule has 0 radical (unpaired) electrons. The lowest BCUT2D eigenvalue weighted by Gasteiger charge is -2.35. The molecule has 3 fully saturated rings. The van der Waals surface area contributed by atoms with Gasteiger partial charge in [0.15, 0.2) is 5.82 Å². The fourth-order valence-electron chi connectivity index (χ4n) is 7.06. The number of pyridine rings is 2. The number of phenolic OH excluding ortho intramolecular Hbond substituents is 1. The molecule has 3 saturated heterocycles. The van der Waals surface area contributed by atoms with E-state index < -0.39 is 17.0 Å². The van der Waals surface area contributed by atoms with E-state index in [1.165, 1.54) is 24.3 Å². The fraction of sp³-hybridized carbons (Fsp3) is 0.382. The molecule has 3 aliphatic rings. The average Bonchev–Trinajstić information content (AvgIpc) is 3.37. The number of ether oxygens (including phenoxy) is 1. The number of aromatic hydroxyl groups is 1. The van der Waals surface area contributed by atoms with Crippen molar-refractivity contribution in [3.63, 3.8) is 0 Å². The van der Waals surface area contributed by atoms with E-state index >= 15 is 4.39 Å². The number of aromatic nitrogens is 2. The molecule has 5 heterocycles. The maximum atomic E-state index is 17.0. The lowest BCUT2D eigenvalue weighted by atomic mass is 9.81. The highest BCUT2D eigenvalue weighted by Crippen LogP contribution is 2.42. The number of fused-ring (bicyclic) bond motifs is 4. The first-order valence-corrected chi connectivity index (χ1v) is 15.0. The van der Waals surface area contributed by atoms with E-state index in [1.54, 1.807) is 13.1 Å². The van der Waals surface area contributed by atoms with E-state index in [0.29, 0.717) is 65.6 Å². The highest BCUT2D eigenvalue weighted by molar-refractivity contribution is 6.04. The van der Waals surface area contributed by atoms with Gasteiger partial charge >= 0.3 is 0 Å². The number of benzene rings is 2. The second kappa shape index (κ2) is 10.9. The van der Waals surface area contributed by atoms with Crippen LogP contribution < -0.4 is 20.3 Å². The zero-order valence-electron chi connectivity index (χ0n) is 24.4. The molecule has 0 aliphatic carbocycles. The summed E-state index contributed by atoms with van der Waals surface area (Å²) in [6, 6.07) is 8.61. The Morgan fingerprint density at radius 1 is 1.16 bits per heavy atom. The summed E-state index contributed by atoms with van der Waals surface area (Å²) in [5.74, 6) is 1.83. The normalized spacial score (nSPS) is 20.9. The molecule has 0 spiro atoms. The second-order valence-corrected chi connectivity index (χ2v) is 12.2. The van der Waals surface area contributed by atoms with E-state index in [-0.39, 0.29) is 40.4 Å². The predicted molar refractivity (Wildman–Crippen MR) is 165 cm³/mol. The second-order valence-electron chi connectivity index (χ2n) is 12.2. The van der Waals surface area contributed by atoms with Crippen molar-refractivity contribution < 1.29 is 18.6 Å². The lowest BCUT2D eigenvalue weighted by Crippen LogP contribution is -2.51. The van der Waals surface area contributed by atoms with Gasteiger partial charge in [0, 0.05) is 58.7 Å². The third kappa shape index (κ3) is 4.66. The number of nitrogens with one attached hydrogen (secondary N) is 2. The van der Waals surface area contributed by atoms with Crippen molar-refractivity contribution in [2.45, 2.75) is 44.7 Å². The molecule has 2 bridgehead atoms. The van der Waals surface area contributed by atoms with Crippen LogP contribution in [0.25, 0.3) is 32.8 Å². The Labute approximate surface area is 254 Å². The molecule has 2 unspecified atom stereocenters. The first-order chi connectivity index (χ1) is 21.3. The SMILES string of the molecule is C#Cc1c(F)ccc2cc(O)cc(-c3ncc4c(N5CC6CCC(C5)N6)nc(OCC5(C#N)CCNCC5)c(C)c4c3F)c12. The Bertz CT molecular complexity index is 1880. The van der Waals surface area contributed by atoms with E-state index in [1.807, 2.05) is 0 Å². The Hall–Kier alpha value is -4.51. The molecule has 2 aromatic carbocycles. The van der Waals surface area contributed by atoms with Gasteiger partial charge in [-0.3, -0.25) is 4.98 Å². The van der Waals surface area contributed by atoms with Crippen LogP contribution in [0.4, 0.5) is 14.6 Å². The maximum absolute atomic E-state index is 17.0. The third-order valence-corrected chi connectivity index (χ3v) is 9.41. The number of rotatable bonds is 5. The van der Waals surface area contributed by atoms with Crippen molar-refractivity contribution in [2.75, 3.05) is 37.7 Å². The number of terminal acetylenes is 1. The molecule has 10 heteroatoms. The minimum atomic E-state index is -0.666. The number of halogens is 2. The molecule has 0 amide bonds. The molecule has 2 atom stereocenters. The number of nitrogens with zero attached hydrogens (tertiary/aromatic N) is 4. The van der Waals surface area contributed by atoms with Crippen LogP contribution in [-0.4, -0.2) is 59.9 Å². The van der Waals surface area contributed by atoms with Crippen LogP contribution in [0.3, 0.4) is 0 Å². The van der Waals surface area contributed by atoms with Crippen molar-refractivity contribution in [3.05, 3.63) is 53.2 Å². The smallest absolute Gasteiger partial charge is 0.219 e. The summed E-state index contributed by atoms with van der Waals surface area (Å²) in [6.45, 7) is 4.74. The van der Waals surface area contributed by atoms with E-state index in [9.17, 15) is 14.8 Å². The maximum Gasteiger partial charge on any atom is 0.219 e. The van der Waals surface area contributed by atoms with E-state index in [0.717, 1.165) is 25.9 Å². The minimum Gasteiger partial charge on any atom is -0.508 e. The van der Waals surface area contributed by atoms with Crippen LogP contribution in [0.5, 0.6) is 11.6 Å². The van der Waals surface area contributed by atoms with Gasteiger partial charge < -0.3 is 25.4 Å². The predicted octanol–water partition coefficient (Wildman–Crippen LogP) is 4.94. The van der Waals surface area contributed by atoms with Crippen molar-refractivity contribution in [1.29, 1.82) is 5.26 Å². The molecule has 3 N–H and O–H groups in total. The number of aryl methyl sites for hydroxylation is 1. The van der Waals surface area contributed by atoms with Gasteiger partial charge in [0.25, 0.3) is 0 Å². The van der Waals surface area contributed by atoms with Crippen molar-refractivity contribution in [3.8, 4) is 41.3 Å². The number of piperidine rings is 1. The molecule has 7 rings (SSSR count). The van der Waals surface area contributed by atoms with Crippen LogP contribution in [0.1, 0.15) is 36.8 Å². The molecule has 224 valence electrons. The monoisotopic (exact) mass is 594 g/mol. The highest BCUT2D eigenvalue weighted by atomic mass is 19.1. The minimum absolute atomic E-state index is 0.0324. The van der Waals surface area contributed by atoms with Gasteiger partial charge in [0.2, 0.25) is 5.88 Å². The number of piperazine rings is 1. The zero-order chi connectivity index (χ0) is 30.6. The van der Waals surface area contributed by atoms with Gasteiger partial charge in [-0.15, -0.1) is 6.42 Å². The Morgan fingerprint density at radius 2 is 1.91 bits per heavy atom. The number of nitriles is 1. The van der Waals surface area contributed by atoms with Gasteiger partial charge in [-0.2, -0.15) is 10.2 Å². The summed E-state index contributed by atoms with van der Waals surface area (Å²) in [5, 5.41) is 29.1. The average molecular weight is 595 g/mol. The van der Waals surface area contributed by atoms with E-state index in [2.05, 4.69) is 32.5 Å². The molecule has 44 heavy (non-hydrogen) atoms. The fourth-order valence-corrected chi connectivity index (χ4v) is 7.06. The summed E-state index contributed by atoms with van der Waals surface area (Å²) in [4.78, 5) is 11.7. The Balaban J connectivity index is 1.43. The Kier molecular flexibility index (Phi) is 7.00. The molecule has 8 nitrogen and oxygen atoms in total. The standard InChI is InChI=1S/C34H32F2N6O2/c1-3-24-27(35)7-4-20-12-23(43)13-25(29(20)24)31-30(36)28-19(2)33(44-18-34(17-37)8-10-38-11-9-34)41-32(26(28)14-39-31)42-15-21-5-6-22(16-42)40-21/h1,4,7,12-14,21-22,38,40,43H,5-6,8-11,15-16,18H2,2H3. The number of anilines is 1. The lowest BCUT2D eigenvalue weighted by molar-refractivity contribution is 0.153. The van der Waals surface area contributed by atoms with Gasteiger partial charge in [0.05, 0.1) is 17.0 Å². The van der Waals surface area contributed by atoms with Crippen LogP contribution in [0.2, 0.25) is 0 Å². The van der Waals surface area contributed by atoms with Crippen LogP contribution in [-0.2, 0) is 0 Å². The van der Waals surface area contributed by atoms with Crippen LogP contribution in [0, 0.1) is 47.6 Å². The number of hydrogen-bond acceptors (Lipinski definition) is 8. The summed E-state index contributed by atoms with van der Waals surface area (Å²) < 4.78 is 38.1. The van der Waals surface area contributed by atoms with Crippen LogP contribution in [0.15, 0.2) is 30.5 Å². The molecule has 3 aliphatic heterocycles. The van der Waals surface area contributed by atoms with Gasteiger partial charge in [-0.05, 0) is 69.3 Å². The largest absolute Gasteiger partial charge is 0.508 e. The van der Waals surface area contributed by atoms with Crippen molar-refractivity contribution >= 4 is 27.4 Å². The van der Waals surface area contributed by atoms with Crippen LogP contribution >= 0.6 is 0 Å². The van der Waals surface area contributed by atoms with E-state index in [4.69, 9.17) is 16.1 Å². The Morgan fingerprint density at radius 3 is 2.61 bits per heavy atom. The third-order valence-electron chi connectivity index (χ3n) is 9.41. The zero-order valence-corrected chi connectivity index (χ0v) is 24.4. The molecular formula is C34H32F2N6O2. The topological polar surface area (TPSA) is 106 Å². The summed E-state index contributed by atoms with van der Waals surface area (Å²) >= 11 is 0. The van der Waals surface area contributed by atoms with Crippen molar-refractivity contribution in [1.82, 2.24) is 20.6 Å². The first-order valence-electron chi connectivity index (χ1n) is 15.0. The summed E-state index contributed by atoms with van der Waals surface area (Å²) in [6.07, 6.45) is 10.7. The first kappa shape index (κ1) is 28.3. The number of phenols is 1. The van der Waals surface area contributed by atoms with Gasteiger partial charge in [-0.1, -0.05) is 12.0 Å². The molecular weight excluding hydrogens is 562 g/mol.